The number of fused-ring (bicyclic) bond motifs is 1. The topological polar surface area (TPSA) is 51.5 Å². The van der Waals surface area contributed by atoms with Gasteiger partial charge in [0.05, 0.1) is 12.6 Å². The van der Waals surface area contributed by atoms with Gasteiger partial charge in [0.1, 0.15) is 12.3 Å². The van der Waals surface area contributed by atoms with E-state index < -0.39 is 5.97 Å². The number of aliphatic carboxylic acids is 1. The number of nitrogens with zero attached hydrogens (tertiary/aromatic N) is 1. The third kappa shape index (κ3) is 1.79. The van der Waals surface area contributed by atoms with Crippen LogP contribution in [0, 0.1) is 0 Å². The van der Waals surface area contributed by atoms with Gasteiger partial charge < -0.3 is 14.4 Å². The van der Waals surface area contributed by atoms with Gasteiger partial charge in [-0.05, 0) is 23.6 Å². The van der Waals surface area contributed by atoms with Gasteiger partial charge in [0.2, 0.25) is 0 Å². The van der Waals surface area contributed by atoms with Crippen LogP contribution in [0.5, 0.6) is 5.75 Å². The molecule has 0 saturated carbocycles. The molecule has 0 fully saturated rings. The summed E-state index contributed by atoms with van der Waals surface area (Å²) in [7, 11) is 1.59. The lowest BCUT2D eigenvalue weighted by molar-refractivity contribution is -0.137. The molecule has 1 N–H and O–H groups in total. The Hall–Kier alpha value is -1.97. The molecular weight excluding hydrogens is 194 g/mol. The Morgan fingerprint density at radius 2 is 2.27 bits per heavy atom. The van der Waals surface area contributed by atoms with Crippen LogP contribution in [0.25, 0.3) is 10.9 Å². The molecule has 0 aliphatic rings. The first kappa shape index (κ1) is 9.58. The predicted octanol–water partition coefficient (Wildman–Crippen LogP) is 1.73. The first-order valence-electron chi connectivity index (χ1n) is 4.55. The monoisotopic (exact) mass is 205 g/mol. The molecule has 0 radical (unpaired) electrons. The van der Waals surface area contributed by atoms with Crippen molar-refractivity contribution in [1.29, 1.82) is 0 Å². The molecule has 0 spiro atoms. The van der Waals surface area contributed by atoms with Crippen LogP contribution in [-0.2, 0) is 11.3 Å². The fraction of sp³-hybridized carbons (Fsp3) is 0.182. The smallest absolute Gasteiger partial charge is 0.323 e. The van der Waals surface area contributed by atoms with E-state index in [0.717, 1.165) is 16.7 Å². The summed E-state index contributed by atoms with van der Waals surface area (Å²) in [5.41, 5.74) is 0.872. The van der Waals surface area contributed by atoms with Gasteiger partial charge in [-0.15, -0.1) is 0 Å². The summed E-state index contributed by atoms with van der Waals surface area (Å²) < 4.78 is 6.77. The quantitative estimate of drug-likeness (QED) is 0.830. The zero-order valence-electron chi connectivity index (χ0n) is 8.30. The average Bonchev–Trinajstić information content (AvgIpc) is 2.60. The van der Waals surface area contributed by atoms with Crippen molar-refractivity contribution < 1.29 is 14.6 Å². The second-order valence-electron chi connectivity index (χ2n) is 3.26. The van der Waals surface area contributed by atoms with Gasteiger partial charge >= 0.3 is 5.97 Å². The average molecular weight is 205 g/mol. The predicted molar refractivity (Wildman–Crippen MR) is 56.1 cm³/mol. The summed E-state index contributed by atoms with van der Waals surface area (Å²) in [6.07, 6.45) is 1.76. The molecule has 1 aromatic carbocycles. The minimum absolute atomic E-state index is 0.0311. The number of hydrogen-bond donors (Lipinski definition) is 1. The van der Waals surface area contributed by atoms with Gasteiger partial charge in [-0.1, -0.05) is 0 Å². The largest absolute Gasteiger partial charge is 0.497 e. The van der Waals surface area contributed by atoms with E-state index in [1.54, 1.807) is 17.9 Å². The lowest BCUT2D eigenvalue weighted by Crippen LogP contribution is -2.07. The molecule has 1 heterocycles. The Kier molecular flexibility index (Phi) is 2.33. The van der Waals surface area contributed by atoms with Crippen molar-refractivity contribution in [2.45, 2.75) is 6.54 Å². The zero-order chi connectivity index (χ0) is 10.8. The highest BCUT2D eigenvalue weighted by Gasteiger charge is 2.05. The van der Waals surface area contributed by atoms with Crippen molar-refractivity contribution in [1.82, 2.24) is 4.57 Å². The minimum Gasteiger partial charge on any atom is -0.497 e. The van der Waals surface area contributed by atoms with Gasteiger partial charge in [0.15, 0.2) is 0 Å². The fourth-order valence-corrected chi connectivity index (χ4v) is 1.57. The summed E-state index contributed by atoms with van der Waals surface area (Å²) in [5.74, 6) is -0.122. The van der Waals surface area contributed by atoms with E-state index in [-0.39, 0.29) is 6.54 Å². The molecule has 0 saturated heterocycles. The standard InChI is InChI=1S/C11H11NO3/c1-15-9-3-2-8-4-5-12(7-11(13)14)10(8)6-9/h2-6H,7H2,1H3,(H,13,14). The molecule has 1 aromatic heterocycles. The molecule has 0 unspecified atom stereocenters. The van der Waals surface area contributed by atoms with Gasteiger partial charge in [0.25, 0.3) is 0 Å². The molecule has 0 atom stereocenters. The van der Waals surface area contributed by atoms with Crippen molar-refractivity contribution >= 4 is 16.9 Å². The first-order chi connectivity index (χ1) is 7.20. The fourth-order valence-electron chi connectivity index (χ4n) is 1.57. The van der Waals surface area contributed by atoms with E-state index >= 15 is 0 Å². The Bertz CT molecular complexity index is 502. The van der Waals surface area contributed by atoms with E-state index in [4.69, 9.17) is 9.84 Å². The number of carboxylic acids is 1. The number of carbonyl (C=O) groups is 1. The summed E-state index contributed by atoms with van der Waals surface area (Å²) in [6.45, 7) is -0.0311. The van der Waals surface area contributed by atoms with Crippen molar-refractivity contribution in [3.05, 3.63) is 30.5 Å². The minimum atomic E-state index is -0.852. The lowest BCUT2D eigenvalue weighted by atomic mass is 10.2. The van der Waals surface area contributed by atoms with Crippen molar-refractivity contribution in [2.75, 3.05) is 7.11 Å². The molecule has 0 aliphatic carbocycles. The Labute approximate surface area is 86.7 Å². The van der Waals surface area contributed by atoms with Crippen molar-refractivity contribution in [3.8, 4) is 5.75 Å². The summed E-state index contributed by atoms with van der Waals surface area (Å²) in [5, 5.41) is 9.73. The van der Waals surface area contributed by atoms with Crippen LogP contribution in [0.1, 0.15) is 0 Å². The normalized spacial score (nSPS) is 10.5. The number of rotatable bonds is 3. The van der Waals surface area contributed by atoms with Crippen molar-refractivity contribution in [3.63, 3.8) is 0 Å². The Balaban J connectivity index is 2.51. The maximum absolute atomic E-state index is 10.6. The van der Waals surface area contributed by atoms with Crippen LogP contribution in [0.4, 0.5) is 0 Å². The third-order valence-electron chi connectivity index (χ3n) is 2.29. The van der Waals surface area contributed by atoms with Gasteiger partial charge in [-0.2, -0.15) is 0 Å². The number of hydrogen-bond acceptors (Lipinski definition) is 2. The van der Waals surface area contributed by atoms with E-state index in [9.17, 15) is 4.79 Å². The van der Waals surface area contributed by atoms with Crippen molar-refractivity contribution in [2.24, 2.45) is 0 Å². The molecule has 0 aliphatic heterocycles. The van der Waals surface area contributed by atoms with Crippen LogP contribution in [0.3, 0.4) is 0 Å². The van der Waals surface area contributed by atoms with Crippen LogP contribution in [0.15, 0.2) is 30.5 Å². The lowest BCUT2D eigenvalue weighted by Gasteiger charge is -2.03. The second-order valence-corrected chi connectivity index (χ2v) is 3.26. The first-order valence-corrected chi connectivity index (χ1v) is 4.55. The maximum atomic E-state index is 10.6. The van der Waals surface area contributed by atoms with E-state index in [1.165, 1.54) is 0 Å². The SMILES string of the molecule is COc1ccc2ccn(CC(=O)O)c2c1. The van der Waals surface area contributed by atoms with Crippen LogP contribution in [-0.4, -0.2) is 22.8 Å². The summed E-state index contributed by atoms with van der Waals surface area (Å²) in [6, 6.07) is 7.48. The molecular formula is C11H11NO3. The zero-order valence-corrected chi connectivity index (χ0v) is 8.30. The van der Waals surface area contributed by atoms with Gasteiger partial charge in [-0.3, -0.25) is 4.79 Å². The molecule has 15 heavy (non-hydrogen) atoms. The van der Waals surface area contributed by atoms with E-state index in [0.29, 0.717) is 0 Å². The number of benzene rings is 1. The number of ether oxygens (including phenoxy) is 1. The molecule has 0 bridgehead atoms. The molecule has 4 nitrogen and oxygen atoms in total. The Morgan fingerprint density at radius 3 is 2.93 bits per heavy atom. The molecule has 0 amide bonds. The summed E-state index contributed by atoms with van der Waals surface area (Å²) in [4.78, 5) is 10.6. The number of aromatic nitrogens is 1. The molecule has 2 aromatic rings. The highest BCUT2D eigenvalue weighted by molar-refractivity contribution is 5.83. The van der Waals surface area contributed by atoms with Crippen LogP contribution >= 0.6 is 0 Å². The highest BCUT2D eigenvalue weighted by Crippen LogP contribution is 2.21. The van der Waals surface area contributed by atoms with Gasteiger partial charge in [-0.25, -0.2) is 0 Å². The van der Waals surface area contributed by atoms with Crippen LogP contribution < -0.4 is 4.74 Å². The number of methoxy groups -OCH3 is 1. The molecule has 78 valence electrons. The third-order valence-corrected chi connectivity index (χ3v) is 2.29. The van der Waals surface area contributed by atoms with Gasteiger partial charge in [0, 0.05) is 12.3 Å². The van der Waals surface area contributed by atoms with E-state index in [1.807, 2.05) is 24.3 Å². The highest BCUT2D eigenvalue weighted by atomic mass is 16.5. The second kappa shape index (κ2) is 3.65. The number of carboxylic acid groups (broad SMARTS) is 1. The molecule has 2 rings (SSSR count). The van der Waals surface area contributed by atoms with E-state index in [2.05, 4.69) is 0 Å². The maximum Gasteiger partial charge on any atom is 0.323 e. The Morgan fingerprint density at radius 1 is 1.47 bits per heavy atom. The molecule has 4 heteroatoms. The van der Waals surface area contributed by atoms with Crippen LogP contribution in [0.2, 0.25) is 0 Å². The summed E-state index contributed by atoms with van der Waals surface area (Å²) >= 11 is 0.